The van der Waals surface area contributed by atoms with E-state index in [9.17, 15) is 5.11 Å². The summed E-state index contributed by atoms with van der Waals surface area (Å²) in [5.41, 5.74) is 4.59. The first-order valence-corrected chi connectivity index (χ1v) is 6.88. The number of phenolic OH excluding ortho intramolecular Hbond substituents is 1. The first-order chi connectivity index (χ1) is 11.0. The van der Waals surface area contributed by atoms with Crippen molar-refractivity contribution in [3.8, 4) is 11.5 Å². The minimum absolute atomic E-state index is 0.243. The summed E-state index contributed by atoms with van der Waals surface area (Å²) in [4.78, 5) is 8.94. The van der Waals surface area contributed by atoms with Crippen LogP contribution in [-0.2, 0) is 11.4 Å². The van der Waals surface area contributed by atoms with Crippen LogP contribution in [0, 0.1) is 6.92 Å². The van der Waals surface area contributed by atoms with Gasteiger partial charge in [0.05, 0.1) is 5.69 Å². The molecule has 2 rings (SSSR count). The van der Waals surface area contributed by atoms with E-state index in [0.717, 1.165) is 22.6 Å². The zero-order chi connectivity index (χ0) is 17.2. The summed E-state index contributed by atoms with van der Waals surface area (Å²) in [5.74, 6) is 11.2. The van der Waals surface area contributed by atoms with Crippen molar-refractivity contribution in [2.45, 2.75) is 13.5 Å². The third-order valence-electron chi connectivity index (χ3n) is 2.98. The number of carbonyl (C=O) groups excluding carboxylic acids is 1. The Morgan fingerprint density at radius 1 is 1.30 bits per heavy atom. The molecule has 0 unspecified atom stereocenters. The lowest BCUT2D eigenvalue weighted by Gasteiger charge is -2.17. The van der Waals surface area contributed by atoms with Crippen molar-refractivity contribution in [2.24, 2.45) is 11.7 Å². The summed E-state index contributed by atoms with van der Waals surface area (Å²) in [6, 6.07) is 12.9. The summed E-state index contributed by atoms with van der Waals surface area (Å²) < 4.78 is 5.78. The molecule has 6 N–H and O–H groups in total. The lowest BCUT2D eigenvalue weighted by molar-refractivity contribution is -0.109. The number of anilines is 1. The molecule has 7 heteroatoms. The molecule has 0 atom stereocenters. The van der Waals surface area contributed by atoms with Crippen LogP contribution in [0.3, 0.4) is 0 Å². The van der Waals surface area contributed by atoms with Crippen molar-refractivity contribution in [3.63, 3.8) is 0 Å². The number of aryl methyl sites for hydroxylation is 1. The van der Waals surface area contributed by atoms with E-state index in [1.165, 1.54) is 0 Å². The molecule has 0 spiro atoms. The van der Waals surface area contributed by atoms with Crippen molar-refractivity contribution < 1.29 is 14.6 Å². The fourth-order valence-electron chi connectivity index (χ4n) is 1.93. The van der Waals surface area contributed by atoms with E-state index in [2.05, 4.69) is 5.84 Å². The lowest BCUT2D eigenvalue weighted by atomic mass is 10.2. The number of amides is 1. The van der Waals surface area contributed by atoms with Gasteiger partial charge in [0.15, 0.2) is 0 Å². The zero-order valence-corrected chi connectivity index (χ0v) is 13.2. The number of ether oxygens (including phenoxy) is 1. The van der Waals surface area contributed by atoms with Crippen LogP contribution in [-0.4, -0.2) is 18.6 Å². The van der Waals surface area contributed by atoms with Crippen LogP contribution in [0.1, 0.15) is 11.1 Å². The number of para-hydroxylation sites is 1. The third kappa shape index (κ3) is 5.85. The molecule has 2 aromatic carbocycles. The predicted octanol–water partition coefficient (Wildman–Crippen LogP) is 1.20. The average molecular weight is 318 g/mol. The lowest BCUT2D eigenvalue weighted by Crippen LogP contribution is -2.26. The van der Waals surface area contributed by atoms with E-state index in [1.54, 1.807) is 35.7 Å². The van der Waals surface area contributed by atoms with Gasteiger partial charge in [0.25, 0.3) is 0 Å². The Balaban J connectivity index is 0.000000593. The number of hydrogen-bond donors (Lipinski definition) is 4. The molecule has 0 bridgehead atoms. The van der Waals surface area contributed by atoms with E-state index < -0.39 is 0 Å². The summed E-state index contributed by atoms with van der Waals surface area (Å²) in [7, 11) is 1.80. The van der Waals surface area contributed by atoms with Gasteiger partial charge in [0.2, 0.25) is 6.41 Å². The fourth-order valence-corrected chi connectivity index (χ4v) is 1.93. The second kappa shape index (κ2) is 9.29. The Bertz CT molecular complexity index is 632. The van der Waals surface area contributed by atoms with Crippen LogP contribution < -0.4 is 26.9 Å². The SMILES string of the molecule is Cc1cc(O)ccc1OCc1ccccc1N(C)N.NNC=O. The van der Waals surface area contributed by atoms with Gasteiger partial charge in [-0.05, 0) is 36.8 Å². The Kier molecular flexibility index (Phi) is 7.38. The van der Waals surface area contributed by atoms with Gasteiger partial charge in [-0.3, -0.25) is 10.2 Å². The van der Waals surface area contributed by atoms with Gasteiger partial charge in [-0.1, -0.05) is 18.2 Å². The number of carbonyl (C=O) groups is 1. The monoisotopic (exact) mass is 318 g/mol. The van der Waals surface area contributed by atoms with Crippen molar-refractivity contribution in [1.29, 1.82) is 0 Å². The average Bonchev–Trinajstić information content (AvgIpc) is 2.54. The minimum Gasteiger partial charge on any atom is -0.508 e. The van der Waals surface area contributed by atoms with Gasteiger partial charge in [0, 0.05) is 12.6 Å². The Hall–Kier alpha value is -2.77. The normalized spacial score (nSPS) is 9.39. The second-order valence-electron chi connectivity index (χ2n) is 4.76. The van der Waals surface area contributed by atoms with Gasteiger partial charge < -0.3 is 14.9 Å². The minimum atomic E-state index is 0.243. The quantitative estimate of drug-likeness (QED) is 0.285. The van der Waals surface area contributed by atoms with E-state index in [-0.39, 0.29) is 5.75 Å². The molecule has 7 nitrogen and oxygen atoms in total. The van der Waals surface area contributed by atoms with Gasteiger partial charge >= 0.3 is 0 Å². The predicted molar refractivity (Wildman–Crippen MR) is 89.6 cm³/mol. The first-order valence-electron chi connectivity index (χ1n) is 6.88. The highest BCUT2D eigenvalue weighted by molar-refractivity contribution is 5.51. The summed E-state index contributed by atoms with van der Waals surface area (Å²) in [5, 5.41) is 10.9. The number of nitrogens with two attached hydrogens (primary N) is 2. The largest absolute Gasteiger partial charge is 0.508 e. The van der Waals surface area contributed by atoms with Crippen molar-refractivity contribution in [2.75, 3.05) is 12.1 Å². The number of aromatic hydroxyl groups is 1. The molecule has 23 heavy (non-hydrogen) atoms. The number of nitrogens with one attached hydrogen (secondary N) is 1. The highest BCUT2D eigenvalue weighted by atomic mass is 16.5. The van der Waals surface area contributed by atoms with E-state index >= 15 is 0 Å². The number of phenols is 1. The van der Waals surface area contributed by atoms with Crippen LogP contribution in [0.15, 0.2) is 42.5 Å². The summed E-state index contributed by atoms with van der Waals surface area (Å²) >= 11 is 0. The standard InChI is InChI=1S/C15H18N2O2.CH4N2O/c1-11-9-13(18)7-8-15(11)19-10-12-5-3-4-6-14(12)17(2)16;2-3-1-4/h3-9,18H,10,16H2,1-2H3;1H,2H2,(H,3,4). The van der Waals surface area contributed by atoms with E-state index in [1.807, 2.05) is 31.2 Å². The Morgan fingerprint density at radius 3 is 2.52 bits per heavy atom. The van der Waals surface area contributed by atoms with Gasteiger partial charge in [-0.25, -0.2) is 11.7 Å². The van der Waals surface area contributed by atoms with Crippen molar-refractivity contribution >= 4 is 12.1 Å². The number of hydrogen-bond acceptors (Lipinski definition) is 6. The maximum atomic E-state index is 9.36. The molecule has 124 valence electrons. The molecule has 0 aromatic heterocycles. The summed E-state index contributed by atoms with van der Waals surface area (Å²) in [6.07, 6.45) is 0.403. The number of benzene rings is 2. The van der Waals surface area contributed by atoms with Crippen LogP contribution in [0.2, 0.25) is 0 Å². The molecule has 0 aliphatic carbocycles. The van der Waals surface area contributed by atoms with Crippen LogP contribution in [0.5, 0.6) is 11.5 Å². The molecule has 0 fully saturated rings. The van der Waals surface area contributed by atoms with Crippen LogP contribution in [0.4, 0.5) is 5.69 Å². The number of nitrogens with zero attached hydrogens (tertiary/aromatic N) is 1. The molecule has 0 heterocycles. The molecule has 0 saturated heterocycles. The molecular weight excluding hydrogens is 296 g/mol. The zero-order valence-electron chi connectivity index (χ0n) is 13.2. The Labute approximate surface area is 135 Å². The maximum absolute atomic E-state index is 9.36. The van der Waals surface area contributed by atoms with Crippen LogP contribution >= 0.6 is 0 Å². The highest BCUT2D eigenvalue weighted by Gasteiger charge is 2.06. The maximum Gasteiger partial charge on any atom is 0.221 e. The molecular formula is C16H22N4O3. The number of rotatable bonds is 5. The van der Waals surface area contributed by atoms with Gasteiger partial charge in [-0.15, -0.1) is 0 Å². The highest BCUT2D eigenvalue weighted by Crippen LogP contribution is 2.25. The topological polar surface area (TPSA) is 114 Å². The van der Waals surface area contributed by atoms with Crippen molar-refractivity contribution in [1.82, 2.24) is 5.43 Å². The van der Waals surface area contributed by atoms with Crippen molar-refractivity contribution in [3.05, 3.63) is 53.6 Å². The molecule has 0 aliphatic rings. The third-order valence-corrected chi connectivity index (χ3v) is 2.98. The molecule has 0 radical (unpaired) electrons. The molecule has 2 aromatic rings. The van der Waals surface area contributed by atoms with Gasteiger partial charge in [-0.2, -0.15) is 0 Å². The van der Waals surface area contributed by atoms with Gasteiger partial charge in [0.1, 0.15) is 18.1 Å². The van der Waals surface area contributed by atoms with Crippen LogP contribution in [0.25, 0.3) is 0 Å². The van der Waals surface area contributed by atoms with E-state index in [0.29, 0.717) is 13.0 Å². The molecule has 0 aliphatic heterocycles. The summed E-state index contributed by atoms with van der Waals surface area (Å²) in [6.45, 7) is 2.33. The molecule has 0 saturated carbocycles. The second-order valence-corrected chi connectivity index (χ2v) is 4.76. The smallest absolute Gasteiger partial charge is 0.221 e. The Morgan fingerprint density at radius 2 is 1.96 bits per heavy atom. The molecule has 1 amide bonds. The number of hydrazine groups is 2. The first kappa shape index (κ1) is 18.3. The van der Waals surface area contributed by atoms with E-state index in [4.69, 9.17) is 15.4 Å². The fraction of sp³-hybridized carbons (Fsp3) is 0.188.